The lowest BCUT2D eigenvalue weighted by Gasteiger charge is -2.26. The third kappa shape index (κ3) is 2.51. The maximum absolute atomic E-state index is 13.1. The fourth-order valence-electron chi connectivity index (χ4n) is 1.59. The van der Waals surface area contributed by atoms with E-state index in [0.29, 0.717) is 13.2 Å². The van der Waals surface area contributed by atoms with Crippen molar-refractivity contribution in [3.63, 3.8) is 0 Å². The van der Waals surface area contributed by atoms with Crippen molar-refractivity contribution in [3.05, 3.63) is 34.6 Å². The molecule has 0 spiro atoms. The Hall–Kier alpha value is -0.290. The molecule has 0 aromatic heterocycles. The number of halogens is 2. The second kappa shape index (κ2) is 4.92. The van der Waals surface area contributed by atoms with Gasteiger partial charge in [-0.15, -0.1) is 0 Å². The zero-order valence-corrected chi connectivity index (χ0v) is 10.5. The maximum atomic E-state index is 13.1. The molecule has 1 aliphatic heterocycles. The van der Waals surface area contributed by atoms with Crippen LogP contribution in [0, 0.1) is 5.82 Å². The molecule has 16 heavy (non-hydrogen) atoms. The highest BCUT2D eigenvalue weighted by Crippen LogP contribution is 2.37. The predicted molar refractivity (Wildman–Crippen MR) is 65.2 cm³/mol. The number of hydrogen-bond donors (Lipinski definition) is 1. The molecule has 1 N–H and O–H groups in total. The van der Waals surface area contributed by atoms with Crippen molar-refractivity contribution in [2.45, 2.75) is 11.7 Å². The minimum Gasteiger partial charge on any atom is -0.378 e. The van der Waals surface area contributed by atoms with Crippen molar-refractivity contribution in [3.8, 4) is 0 Å². The molecule has 1 aromatic rings. The van der Waals surface area contributed by atoms with Crippen LogP contribution in [0.5, 0.6) is 0 Å². The summed E-state index contributed by atoms with van der Waals surface area (Å²) in [6, 6.07) is 4.82. The van der Waals surface area contributed by atoms with Gasteiger partial charge in [0.1, 0.15) is 5.82 Å². The summed E-state index contributed by atoms with van der Waals surface area (Å²) in [5.41, 5.74) is 0.971. The molecule has 88 valence electrons. The van der Waals surface area contributed by atoms with Crippen LogP contribution < -0.4 is 4.72 Å². The molecule has 0 amide bonds. The molecule has 2 nitrogen and oxygen atoms in total. The summed E-state index contributed by atoms with van der Waals surface area (Å²) in [5, 5.41) is 0.156. The Morgan fingerprint density at radius 1 is 1.56 bits per heavy atom. The summed E-state index contributed by atoms with van der Waals surface area (Å²) < 4.78 is 21.6. The Balaban J connectivity index is 2.29. The van der Waals surface area contributed by atoms with Crippen LogP contribution in [-0.2, 0) is 9.48 Å². The van der Waals surface area contributed by atoms with Gasteiger partial charge in [-0.1, -0.05) is 29.6 Å². The molecule has 1 heterocycles. The van der Waals surface area contributed by atoms with Crippen LogP contribution in [0.3, 0.4) is 0 Å². The van der Waals surface area contributed by atoms with E-state index >= 15 is 0 Å². The van der Waals surface area contributed by atoms with E-state index in [1.165, 1.54) is 6.07 Å². The predicted octanol–water partition coefficient (Wildman–Crippen LogP) is 2.96. The molecular weight excluding hydrogens is 249 g/mol. The van der Waals surface area contributed by atoms with Gasteiger partial charge in [-0.25, -0.2) is 4.39 Å². The van der Waals surface area contributed by atoms with Gasteiger partial charge in [0.25, 0.3) is 0 Å². The lowest BCUT2D eigenvalue weighted by atomic mass is 10.0. The van der Waals surface area contributed by atoms with Gasteiger partial charge in [-0.05, 0) is 24.6 Å². The van der Waals surface area contributed by atoms with Crippen molar-refractivity contribution in [2.75, 3.05) is 19.8 Å². The standard InChI is InChI=1S/C11H13ClFNOS/c1-11(7-15-5-4-14-16-11)8-2-3-10(13)9(12)6-8/h2-3,6,14H,4-5,7H2,1H3/t11-/m0/s1. The molecule has 2 rings (SSSR count). The summed E-state index contributed by atoms with van der Waals surface area (Å²) in [6.45, 7) is 4.15. The van der Waals surface area contributed by atoms with Crippen molar-refractivity contribution in [1.29, 1.82) is 0 Å². The van der Waals surface area contributed by atoms with Gasteiger partial charge < -0.3 is 4.74 Å². The van der Waals surface area contributed by atoms with E-state index < -0.39 is 0 Å². The highest BCUT2D eigenvalue weighted by molar-refractivity contribution is 7.98. The average Bonchev–Trinajstić information content (AvgIpc) is 2.48. The normalized spacial score (nSPS) is 26.4. The number of nitrogens with one attached hydrogen (secondary N) is 1. The maximum Gasteiger partial charge on any atom is 0.141 e. The first-order valence-electron chi connectivity index (χ1n) is 5.06. The van der Waals surface area contributed by atoms with Crippen LogP contribution in [-0.4, -0.2) is 19.8 Å². The van der Waals surface area contributed by atoms with E-state index in [1.54, 1.807) is 24.1 Å². The van der Waals surface area contributed by atoms with Crippen LogP contribution in [0.1, 0.15) is 12.5 Å². The lowest BCUT2D eigenvalue weighted by molar-refractivity contribution is 0.126. The highest BCUT2D eigenvalue weighted by atomic mass is 35.5. The van der Waals surface area contributed by atoms with Gasteiger partial charge in [-0.2, -0.15) is 0 Å². The smallest absolute Gasteiger partial charge is 0.141 e. The number of hydrogen-bond acceptors (Lipinski definition) is 3. The first kappa shape index (κ1) is 12.2. The fraction of sp³-hybridized carbons (Fsp3) is 0.455. The van der Waals surface area contributed by atoms with E-state index in [9.17, 15) is 4.39 Å². The summed E-state index contributed by atoms with van der Waals surface area (Å²) in [6.07, 6.45) is 0. The van der Waals surface area contributed by atoms with E-state index in [4.69, 9.17) is 16.3 Å². The van der Waals surface area contributed by atoms with Crippen molar-refractivity contribution in [2.24, 2.45) is 0 Å². The van der Waals surface area contributed by atoms with Gasteiger partial charge in [0.15, 0.2) is 0 Å². The molecule has 1 aliphatic rings. The SMILES string of the molecule is C[C@@]1(c2ccc(F)c(Cl)c2)COCCNS1. The molecule has 0 aliphatic carbocycles. The molecule has 1 aromatic carbocycles. The Morgan fingerprint density at radius 2 is 2.38 bits per heavy atom. The molecular formula is C11H13ClFNOS. The summed E-state index contributed by atoms with van der Waals surface area (Å²) in [4.78, 5) is 0. The highest BCUT2D eigenvalue weighted by Gasteiger charge is 2.30. The van der Waals surface area contributed by atoms with Gasteiger partial charge in [0, 0.05) is 6.54 Å². The van der Waals surface area contributed by atoms with Gasteiger partial charge in [-0.3, -0.25) is 4.72 Å². The van der Waals surface area contributed by atoms with Gasteiger partial charge in [0.05, 0.1) is 23.0 Å². The number of rotatable bonds is 1. The first-order valence-corrected chi connectivity index (χ1v) is 6.25. The Labute approximate surface area is 104 Å². The molecule has 0 unspecified atom stereocenters. The molecule has 5 heteroatoms. The molecule has 1 saturated heterocycles. The van der Waals surface area contributed by atoms with E-state index in [-0.39, 0.29) is 15.6 Å². The number of benzene rings is 1. The van der Waals surface area contributed by atoms with Gasteiger partial charge >= 0.3 is 0 Å². The van der Waals surface area contributed by atoms with Gasteiger partial charge in [0.2, 0.25) is 0 Å². The Kier molecular flexibility index (Phi) is 3.74. The van der Waals surface area contributed by atoms with Crippen molar-refractivity contribution < 1.29 is 9.13 Å². The fourth-order valence-corrected chi connectivity index (χ4v) is 2.66. The van der Waals surface area contributed by atoms with Crippen LogP contribution in [0.25, 0.3) is 0 Å². The van der Waals surface area contributed by atoms with Crippen LogP contribution in [0.2, 0.25) is 5.02 Å². The van der Waals surface area contributed by atoms with E-state index in [0.717, 1.165) is 12.1 Å². The second-order valence-electron chi connectivity index (χ2n) is 3.91. The topological polar surface area (TPSA) is 21.3 Å². The quantitative estimate of drug-likeness (QED) is 0.786. The minimum atomic E-state index is -0.387. The zero-order chi connectivity index (χ0) is 11.6. The number of ether oxygens (including phenoxy) is 1. The van der Waals surface area contributed by atoms with Crippen molar-refractivity contribution in [1.82, 2.24) is 4.72 Å². The van der Waals surface area contributed by atoms with Crippen molar-refractivity contribution >= 4 is 23.5 Å². The van der Waals surface area contributed by atoms with Crippen LogP contribution in [0.15, 0.2) is 18.2 Å². The Morgan fingerprint density at radius 3 is 3.12 bits per heavy atom. The third-order valence-corrected chi connectivity index (χ3v) is 4.00. The zero-order valence-electron chi connectivity index (χ0n) is 8.93. The average molecular weight is 262 g/mol. The molecule has 0 radical (unpaired) electrons. The van der Waals surface area contributed by atoms with Crippen LogP contribution >= 0.6 is 23.5 Å². The summed E-state index contributed by atoms with van der Waals surface area (Å²) in [5.74, 6) is -0.387. The Bertz CT molecular complexity index is 380. The molecule has 1 atom stereocenters. The molecule has 1 fully saturated rings. The summed E-state index contributed by atoms with van der Waals surface area (Å²) in [7, 11) is 0. The van der Waals surface area contributed by atoms with Crippen LogP contribution in [0.4, 0.5) is 4.39 Å². The monoisotopic (exact) mass is 261 g/mol. The largest absolute Gasteiger partial charge is 0.378 e. The molecule has 0 bridgehead atoms. The minimum absolute atomic E-state index is 0.156. The first-order chi connectivity index (χ1) is 7.62. The molecule has 0 saturated carbocycles. The lowest BCUT2D eigenvalue weighted by Crippen LogP contribution is -2.25. The second-order valence-corrected chi connectivity index (χ2v) is 5.71. The van der Waals surface area contributed by atoms with E-state index in [2.05, 4.69) is 11.6 Å². The summed E-state index contributed by atoms with van der Waals surface area (Å²) >= 11 is 7.39. The third-order valence-electron chi connectivity index (χ3n) is 2.55. The van der Waals surface area contributed by atoms with E-state index in [1.807, 2.05) is 0 Å².